The summed E-state index contributed by atoms with van der Waals surface area (Å²) in [7, 11) is 0. The quantitative estimate of drug-likeness (QED) is 0.608. The van der Waals surface area contributed by atoms with Crippen molar-refractivity contribution in [3.8, 4) is 0 Å². The minimum absolute atomic E-state index is 0.118. The molecule has 92 valence electrons. The Morgan fingerprint density at radius 2 is 2.06 bits per heavy atom. The largest absolute Gasteiger partial charge is 0.450 e. The Bertz CT molecular complexity index is 401. The van der Waals surface area contributed by atoms with Gasteiger partial charge in [-0.15, -0.1) is 0 Å². The van der Waals surface area contributed by atoms with Gasteiger partial charge in [-0.1, -0.05) is 23.8 Å². The van der Waals surface area contributed by atoms with Crippen molar-refractivity contribution in [3.63, 3.8) is 0 Å². The standard InChI is InChI=1S/C13H17NO3/c1-10-5-4-6-11(9-10)12(15)7-2-3-8-17-13(14)16/h4-6,9H,2-3,7-8H2,1H3,(H2,14,16). The Morgan fingerprint density at radius 1 is 1.29 bits per heavy atom. The lowest BCUT2D eigenvalue weighted by molar-refractivity contribution is 0.0976. The number of amides is 1. The molecule has 1 aromatic carbocycles. The number of benzene rings is 1. The molecule has 0 atom stereocenters. The second kappa shape index (κ2) is 6.68. The first-order chi connectivity index (χ1) is 8.09. The van der Waals surface area contributed by atoms with Crippen LogP contribution in [0.4, 0.5) is 4.79 Å². The van der Waals surface area contributed by atoms with Crippen molar-refractivity contribution in [1.82, 2.24) is 0 Å². The highest BCUT2D eigenvalue weighted by molar-refractivity contribution is 5.96. The first-order valence-electron chi connectivity index (χ1n) is 5.61. The zero-order valence-electron chi connectivity index (χ0n) is 9.94. The van der Waals surface area contributed by atoms with Gasteiger partial charge in [-0.2, -0.15) is 0 Å². The summed E-state index contributed by atoms with van der Waals surface area (Å²) in [5.74, 6) is 0.118. The molecule has 0 radical (unpaired) electrons. The van der Waals surface area contributed by atoms with Crippen LogP contribution in [0.1, 0.15) is 35.2 Å². The van der Waals surface area contributed by atoms with Crippen LogP contribution < -0.4 is 5.73 Å². The number of nitrogens with two attached hydrogens (primary N) is 1. The molecule has 0 aliphatic heterocycles. The number of carbonyl (C=O) groups excluding carboxylic acids is 2. The van der Waals surface area contributed by atoms with Crippen molar-refractivity contribution in [2.75, 3.05) is 6.61 Å². The molecule has 1 rings (SSSR count). The van der Waals surface area contributed by atoms with Crippen LogP contribution in [-0.4, -0.2) is 18.5 Å². The van der Waals surface area contributed by atoms with E-state index in [1.165, 1.54) is 0 Å². The fourth-order valence-electron chi connectivity index (χ4n) is 1.52. The summed E-state index contributed by atoms with van der Waals surface area (Å²) in [6.07, 6.45) is 1.04. The highest BCUT2D eigenvalue weighted by Gasteiger charge is 2.05. The zero-order valence-corrected chi connectivity index (χ0v) is 9.94. The molecule has 0 saturated heterocycles. The molecule has 0 aliphatic rings. The van der Waals surface area contributed by atoms with Gasteiger partial charge in [0.05, 0.1) is 6.61 Å². The second-order valence-corrected chi connectivity index (χ2v) is 3.92. The van der Waals surface area contributed by atoms with E-state index >= 15 is 0 Å². The van der Waals surface area contributed by atoms with Crippen molar-refractivity contribution < 1.29 is 14.3 Å². The number of Topliss-reactive ketones (excluding diaryl/α,β-unsaturated/α-hetero) is 1. The Balaban J connectivity index is 2.28. The van der Waals surface area contributed by atoms with Crippen molar-refractivity contribution in [2.45, 2.75) is 26.2 Å². The highest BCUT2D eigenvalue weighted by atomic mass is 16.5. The van der Waals surface area contributed by atoms with E-state index in [0.717, 1.165) is 11.1 Å². The average Bonchev–Trinajstić information content (AvgIpc) is 2.28. The van der Waals surface area contributed by atoms with Crippen LogP contribution in [0.15, 0.2) is 24.3 Å². The lowest BCUT2D eigenvalue weighted by Crippen LogP contribution is -2.13. The topological polar surface area (TPSA) is 69.4 Å². The maximum Gasteiger partial charge on any atom is 0.404 e. The molecule has 0 unspecified atom stereocenters. The van der Waals surface area contributed by atoms with Gasteiger partial charge in [0.25, 0.3) is 0 Å². The Kier molecular flexibility index (Phi) is 5.20. The molecule has 4 heteroatoms. The third-order valence-electron chi connectivity index (χ3n) is 2.38. The minimum Gasteiger partial charge on any atom is -0.450 e. The monoisotopic (exact) mass is 235 g/mol. The summed E-state index contributed by atoms with van der Waals surface area (Å²) >= 11 is 0. The van der Waals surface area contributed by atoms with E-state index < -0.39 is 6.09 Å². The van der Waals surface area contributed by atoms with E-state index in [0.29, 0.717) is 19.3 Å². The van der Waals surface area contributed by atoms with Gasteiger partial charge in [-0.05, 0) is 25.8 Å². The van der Waals surface area contributed by atoms with Gasteiger partial charge in [0, 0.05) is 12.0 Å². The maximum absolute atomic E-state index is 11.8. The number of unbranched alkanes of at least 4 members (excludes halogenated alkanes) is 1. The van der Waals surface area contributed by atoms with E-state index in [-0.39, 0.29) is 12.4 Å². The summed E-state index contributed by atoms with van der Waals surface area (Å²) in [6, 6.07) is 7.52. The summed E-state index contributed by atoms with van der Waals surface area (Å²) in [5.41, 5.74) is 6.63. The Hall–Kier alpha value is -1.84. The van der Waals surface area contributed by atoms with Gasteiger partial charge in [0.1, 0.15) is 0 Å². The van der Waals surface area contributed by atoms with Crippen LogP contribution in [-0.2, 0) is 4.74 Å². The Labute approximate surface area is 101 Å². The number of aryl methyl sites for hydroxylation is 1. The van der Waals surface area contributed by atoms with E-state index in [1.807, 2.05) is 31.2 Å². The number of primary amides is 1. The molecule has 1 aromatic rings. The summed E-state index contributed by atoms with van der Waals surface area (Å²) in [6.45, 7) is 2.23. The lowest BCUT2D eigenvalue weighted by Gasteiger charge is -2.03. The predicted octanol–water partition coefficient (Wildman–Crippen LogP) is 2.44. The third kappa shape index (κ3) is 5.15. The lowest BCUT2D eigenvalue weighted by atomic mass is 10.0. The molecule has 0 spiro atoms. The first kappa shape index (κ1) is 13.2. The SMILES string of the molecule is Cc1cccc(C(=O)CCCCOC(N)=O)c1. The van der Waals surface area contributed by atoms with E-state index in [4.69, 9.17) is 5.73 Å². The minimum atomic E-state index is -0.769. The van der Waals surface area contributed by atoms with Gasteiger partial charge in [0.15, 0.2) is 5.78 Å². The van der Waals surface area contributed by atoms with Crippen molar-refractivity contribution in [3.05, 3.63) is 35.4 Å². The van der Waals surface area contributed by atoms with Crippen molar-refractivity contribution >= 4 is 11.9 Å². The van der Waals surface area contributed by atoms with Crippen LogP contribution in [0.2, 0.25) is 0 Å². The molecule has 0 aromatic heterocycles. The van der Waals surface area contributed by atoms with Crippen molar-refractivity contribution in [2.24, 2.45) is 5.73 Å². The van der Waals surface area contributed by atoms with Gasteiger partial charge >= 0.3 is 6.09 Å². The molecular weight excluding hydrogens is 218 g/mol. The number of carbonyl (C=O) groups is 2. The maximum atomic E-state index is 11.8. The molecule has 0 heterocycles. The van der Waals surface area contributed by atoms with Crippen molar-refractivity contribution in [1.29, 1.82) is 0 Å². The molecule has 2 N–H and O–H groups in total. The summed E-state index contributed by atoms with van der Waals surface area (Å²) in [4.78, 5) is 22.0. The molecule has 0 aliphatic carbocycles. The Morgan fingerprint density at radius 3 is 2.71 bits per heavy atom. The number of hydrogen-bond donors (Lipinski definition) is 1. The number of rotatable bonds is 6. The molecule has 4 nitrogen and oxygen atoms in total. The van der Waals surface area contributed by atoms with Gasteiger partial charge in [-0.25, -0.2) is 4.79 Å². The molecule has 0 bridgehead atoms. The number of ketones is 1. The molecule has 1 amide bonds. The first-order valence-corrected chi connectivity index (χ1v) is 5.61. The summed E-state index contributed by atoms with van der Waals surface area (Å²) in [5, 5.41) is 0. The smallest absolute Gasteiger partial charge is 0.404 e. The van der Waals surface area contributed by atoms with Gasteiger partial charge in [0.2, 0.25) is 0 Å². The normalized spacial score (nSPS) is 9.94. The van der Waals surface area contributed by atoms with Crippen LogP contribution in [0.3, 0.4) is 0 Å². The average molecular weight is 235 g/mol. The van der Waals surface area contributed by atoms with Crippen LogP contribution in [0.5, 0.6) is 0 Å². The van der Waals surface area contributed by atoms with Gasteiger partial charge < -0.3 is 10.5 Å². The highest BCUT2D eigenvalue weighted by Crippen LogP contribution is 2.09. The molecular formula is C13H17NO3. The molecule has 17 heavy (non-hydrogen) atoms. The predicted molar refractivity (Wildman–Crippen MR) is 64.9 cm³/mol. The third-order valence-corrected chi connectivity index (χ3v) is 2.38. The van der Waals surface area contributed by atoms with Gasteiger partial charge in [-0.3, -0.25) is 4.79 Å². The van der Waals surface area contributed by atoms with E-state index in [1.54, 1.807) is 0 Å². The summed E-state index contributed by atoms with van der Waals surface area (Å²) < 4.78 is 4.58. The van der Waals surface area contributed by atoms with E-state index in [2.05, 4.69) is 4.74 Å². The van der Waals surface area contributed by atoms with Crippen LogP contribution in [0.25, 0.3) is 0 Å². The number of hydrogen-bond acceptors (Lipinski definition) is 3. The second-order valence-electron chi connectivity index (χ2n) is 3.92. The van der Waals surface area contributed by atoms with E-state index in [9.17, 15) is 9.59 Å². The molecule has 0 fully saturated rings. The van der Waals surface area contributed by atoms with Crippen LogP contribution in [0, 0.1) is 6.92 Å². The van der Waals surface area contributed by atoms with Crippen LogP contribution >= 0.6 is 0 Å². The zero-order chi connectivity index (χ0) is 12.7. The molecule has 0 saturated carbocycles. The fraction of sp³-hybridized carbons (Fsp3) is 0.385. The number of ether oxygens (including phenoxy) is 1. The fourth-order valence-corrected chi connectivity index (χ4v) is 1.52.